The number of carbonyl (C=O) groups excluding carboxylic acids is 1. The number of amides is 1. The zero-order valence-electron chi connectivity index (χ0n) is 11.0. The Morgan fingerprint density at radius 2 is 1.90 bits per heavy atom. The number of rotatable bonds is 3. The van der Waals surface area contributed by atoms with E-state index in [1.807, 2.05) is 30.3 Å². The molecule has 2 aromatic carbocycles. The molecule has 5 heteroatoms. The first-order chi connectivity index (χ1) is 10.2. The molecule has 0 spiro atoms. The highest BCUT2D eigenvalue weighted by Crippen LogP contribution is 2.25. The second-order valence-electron chi connectivity index (χ2n) is 4.41. The Morgan fingerprint density at radius 1 is 1.14 bits per heavy atom. The van der Waals surface area contributed by atoms with Gasteiger partial charge in [0.1, 0.15) is 5.75 Å². The van der Waals surface area contributed by atoms with E-state index in [-0.39, 0.29) is 11.7 Å². The van der Waals surface area contributed by atoms with E-state index in [9.17, 15) is 9.90 Å². The van der Waals surface area contributed by atoms with Crippen molar-refractivity contribution in [1.82, 2.24) is 5.43 Å². The fraction of sp³-hybridized carbons (Fsp3) is 0. The Morgan fingerprint density at radius 3 is 2.71 bits per heavy atom. The average molecular weight is 296 g/mol. The van der Waals surface area contributed by atoms with E-state index in [4.69, 9.17) is 0 Å². The molecular formula is C16H12N2O2S. The third-order valence-electron chi connectivity index (χ3n) is 2.96. The van der Waals surface area contributed by atoms with Crippen molar-refractivity contribution >= 4 is 33.5 Å². The molecule has 0 saturated heterocycles. The maximum absolute atomic E-state index is 12.0. The van der Waals surface area contributed by atoms with Crippen molar-refractivity contribution in [2.75, 3.05) is 0 Å². The van der Waals surface area contributed by atoms with E-state index in [1.165, 1.54) is 17.6 Å². The SMILES string of the molecule is O=C(N/N=C/c1ccccc1O)c1cc2ccccc2s1. The van der Waals surface area contributed by atoms with Gasteiger partial charge in [0, 0.05) is 10.3 Å². The van der Waals surface area contributed by atoms with Crippen molar-refractivity contribution in [1.29, 1.82) is 0 Å². The van der Waals surface area contributed by atoms with Gasteiger partial charge >= 0.3 is 0 Å². The number of nitrogens with one attached hydrogen (secondary N) is 1. The third-order valence-corrected chi connectivity index (χ3v) is 4.07. The summed E-state index contributed by atoms with van der Waals surface area (Å²) in [5.74, 6) is -0.139. The van der Waals surface area contributed by atoms with Gasteiger partial charge in [0.05, 0.1) is 11.1 Å². The molecule has 0 atom stereocenters. The number of hydrogen-bond donors (Lipinski definition) is 2. The summed E-state index contributed by atoms with van der Waals surface area (Å²) in [6, 6.07) is 16.4. The van der Waals surface area contributed by atoms with E-state index in [2.05, 4.69) is 10.5 Å². The van der Waals surface area contributed by atoms with Gasteiger partial charge in [-0.2, -0.15) is 5.10 Å². The van der Waals surface area contributed by atoms with Crippen LogP contribution in [0, 0.1) is 0 Å². The molecule has 3 rings (SSSR count). The number of hydrogen-bond acceptors (Lipinski definition) is 4. The van der Waals surface area contributed by atoms with Gasteiger partial charge in [0.15, 0.2) is 0 Å². The predicted molar refractivity (Wildman–Crippen MR) is 85.0 cm³/mol. The highest BCUT2D eigenvalue weighted by molar-refractivity contribution is 7.20. The van der Waals surface area contributed by atoms with E-state index >= 15 is 0 Å². The molecule has 0 bridgehead atoms. The molecule has 4 nitrogen and oxygen atoms in total. The lowest BCUT2D eigenvalue weighted by molar-refractivity contribution is 0.0959. The van der Waals surface area contributed by atoms with Crippen molar-refractivity contribution in [2.45, 2.75) is 0 Å². The second-order valence-corrected chi connectivity index (χ2v) is 5.49. The normalized spacial score (nSPS) is 11.0. The Labute approximate surface area is 125 Å². The van der Waals surface area contributed by atoms with Crippen molar-refractivity contribution in [2.24, 2.45) is 5.10 Å². The lowest BCUT2D eigenvalue weighted by Gasteiger charge is -1.98. The zero-order chi connectivity index (χ0) is 14.7. The van der Waals surface area contributed by atoms with Crippen molar-refractivity contribution in [3.05, 3.63) is 65.0 Å². The summed E-state index contributed by atoms with van der Waals surface area (Å²) in [5.41, 5.74) is 3.02. The summed E-state index contributed by atoms with van der Waals surface area (Å²) < 4.78 is 1.06. The molecule has 3 aromatic rings. The van der Waals surface area contributed by atoms with Crippen LogP contribution in [0.5, 0.6) is 5.75 Å². The highest BCUT2D eigenvalue weighted by Gasteiger charge is 2.08. The van der Waals surface area contributed by atoms with Gasteiger partial charge in [0.2, 0.25) is 0 Å². The third kappa shape index (κ3) is 2.93. The minimum atomic E-state index is -0.261. The molecule has 21 heavy (non-hydrogen) atoms. The van der Waals surface area contributed by atoms with Crippen LogP contribution in [-0.4, -0.2) is 17.2 Å². The first kappa shape index (κ1) is 13.3. The molecule has 0 saturated carbocycles. The lowest BCUT2D eigenvalue weighted by Crippen LogP contribution is -2.16. The fourth-order valence-corrected chi connectivity index (χ4v) is 2.86. The first-order valence-corrected chi connectivity index (χ1v) is 7.16. The lowest BCUT2D eigenvalue weighted by atomic mass is 10.2. The average Bonchev–Trinajstić information content (AvgIpc) is 2.93. The minimum Gasteiger partial charge on any atom is -0.507 e. The predicted octanol–water partition coefficient (Wildman–Crippen LogP) is 3.37. The number of para-hydroxylation sites is 1. The molecule has 2 N–H and O–H groups in total. The van der Waals surface area contributed by atoms with Crippen LogP contribution < -0.4 is 5.43 Å². The molecule has 0 fully saturated rings. The van der Waals surface area contributed by atoms with Crippen molar-refractivity contribution in [3.63, 3.8) is 0 Å². The number of fused-ring (bicyclic) bond motifs is 1. The number of nitrogens with zero attached hydrogens (tertiary/aromatic N) is 1. The Hall–Kier alpha value is -2.66. The molecule has 104 valence electrons. The van der Waals surface area contributed by atoms with Gasteiger partial charge in [-0.25, -0.2) is 5.43 Å². The maximum atomic E-state index is 12.0. The van der Waals surface area contributed by atoms with Gasteiger partial charge in [0.25, 0.3) is 5.91 Å². The van der Waals surface area contributed by atoms with Crippen LogP contribution in [0.25, 0.3) is 10.1 Å². The quantitative estimate of drug-likeness (QED) is 0.575. The number of phenols is 1. The summed E-state index contributed by atoms with van der Waals surface area (Å²) in [4.78, 5) is 12.6. The molecule has 0 radical (unpaired) electrons. The maximum Gasteiger partial charge on any atom is 0.281 e. The Kier molecular flexibility index (Phi) is 3.66. The van der Waals surface area contributed by atoms with E-state index < -0.39 is 0 Å². The number of carbonyl (C=O) groups is 1. The molecule has 0 aliphatic rings. The highest BCUT2D eigenvalue weighted by atomic mass is 32.1. The zero-order valence-corrected chi connectivity index (χ0v) is 11.8. The number of phenolic OH excluding ortho intramolecular Hbond substituents is 1. The van der Waals surface area contributed by atoms with Crippen molar-refractivity contribution in [3.8, 4) is 5.75 Å². The summed E-state index contributed by atoms with van der Waals surface area (Å²) in [6.45, 7) is 0. The van der Waals surface area contributed by atoms with Crippen LogP contribution >= 0.6 is 11.3 Å². The van der Waals surface area contributed by atoms with Gasteiger partial charge in [-0.3, -0.25) is 4.79 Å². The molecule has 0 aliphatic heterocycles. The first-order valence-electron chi connectivity index (χ1n) is 6.34. The number of aromatic hydroxyl groups is 1. The Bertz CT molecular complexity index is 791. The minimum absolute atomic E-state index is 0.123. The summed E-state index contributed by atoms with van der Waals surface area (Å²) >= 11 is 1.42. The second kappa shape index (κ2) is 5.76. The van der Waals surface area contributed by atoms with Crippen molar-refractivity contribution < 1.29 is 9.90 Å². The molecular weight excluding hydrogens is 284 g/mol. The smallest absolute Gasteiger partial charge is 0.281 e. The number of benzene rings is 2. The van der Waals surface area contributed by atoms with Gasteiger partial charge < -0.3 is 5.11 Å². The van der Waals surface area contributed by atoms with Gasteiger partial charge in [-0.1, -0.05) is 30.3 Å². The summed E-state index contributed by atoms with van der Waals surface area (Å²) in [5, 5.41) is 14.5. The Balaban J connectivity index is 1.73. The van der Waals surface area contributed by atoms with E-state index in [0.29, 0.717) is 10.4 Å². The molecule has 1 amide bonds. The van der Waals surface area contributed by atoms with Crippen LogP contribution in [0.3, 0.4) is 0 Å². The van der Waals surface area contributed by atoms with E-state index in [0.717, 1.165) is 10.1 Å². The fourth-order valence-electron chi connectivity index (χ4n) is 1.91. The van der Waals surface area contributed by atoms with Gasteiger partial charge in [-0.15, -0.1) is 11.3 Å². The van der Waals surface area contributed by atoms with Crippen LogP contribution in [0.1, 0.15) is 15.2 Å². The van der Waals surface area contributed by atoms with Crippen LogP contribution in [0.4, 0.5) is 0 Å². The van der Waals surface area contributed by atoms with E-state index in [1.54, 1.807) is 24.3 Å². The standard InChI is InChI=1S/C16H12N2O2S/c19-13-7-3-1-6-12(13)10-17-18-16(20)15-9-11-5-2-4-8-14(11)21-15/h1-10,19H,(H,18,20)/b17-10+. The van der Waals surface area contributed by atoms with Crippen LogP contribution in [0.15, 0.2) is 59.7 Å². The molecule has 0 unspecified atom stereocenters. The van der Waals surface area contributed by atoms with Crippen LogP contribution in [-0.2, 0) is 0 Å². The van der Waals surface area contributed by atoms with Gasteiger partial charge in [-0.05, 0) is 29.7 Å². The largest absolute Gasteiger partial charge is 0.507 e. The monoisotopic (exact) mass is 296 g/mol. The number of thiophene rings is 1. The topological polar surface area (TPSA) is 61.7 Å². The number of hydrazone groups is 1. The van der Waals surface area contributed by atoms with Crippen LogP contribution in [0.2, 0.25) is 0 Å². The molecule has 1 heterocycles. The molecule has 1 aromatic heterocycles. The summed E-state index contributed by atoms with van der Waals surface area (Å²) in [7, 11) is 0. The molecule has 0 aliphatic carbocycles. The summed E-state index contributed by atoms with van der Waals surface area (Å²) in [6.07, 6.45) is 1.42.